The molecule has 26 nitrogen and oxygen atoms in total. The molecule has 416 valence electrons. The molecule has 0 bridgehead atoms. The summed E-state index contributed by atoms with van der Waals surface area (Å²) in [7, 11) is 7.60. The lowest BCUT2D eigenvalue weighted by molar-refractivity contribution is -0.873. The molecule has 4 aromatic rings. The van der Waals surface area contributed by atoms with Gasteiger partial charge in [-0.05, 0) is 35.4 Å². The zero-order valence-electron chi connectivity index (χ0n) is 44.2. The molecule has 4 aliphatic rings. The van der Waals surface area contributed by atoms with Crippen LogP contribution in [0.3, 0.4) is 0 Å². The number of aromatic nitrogens is 6. The van der Waals surface area contributed by atoms with Crippen LogP contribution in [0.2, 0.25) is 0 Å². The number of anilines is 8. The number of rotatable bonds is 22. The summed E-state index contributed by atoms with van der Waals surface area (Å²) in [6.07, 6.45) is 2.27. The van der Waals surface area contributed by atoms with Crippen molar-refractivity contribution in [1.29, 1.82) is 0 Å². The molecule has 2 aromatic heterocycles. The van der Waals surface area contributed by atoms with Crippen molar-refractivity contribution in [2.75, 3.05) is 204 Å². The Morgan fingerprint density at radius 1 is 0.605 bits per heavy atom. The lowest BCUT2D eigenvalue weighted by Crippen LogP contribution is -2.52. The highest BCUT2D eigenvalue weighted by atomic mass is 32.2. The van der Waals surface area contributed by atoms with Crippen molar-refractivity contribution in [3.8, 4) is 0 Å². The SMILES string of the molecule is C[N+](C)(C)CC(O)CN1CCN(c2nc(Nc3ccc(/C=C/c4ccc(Nc5nc(N6CCOCC6)nc(N6CCN(CC(O)C[N+](C)(C)C)CC6)n5)cc4S(=O)(=O)O)c(SOOO)c3)nc(N3CCOCC3)n2)CC1. The molecule has 0 radical (unpaired) electrons. The van der Waals surface area contributed by atoms with E-state index in [9.17, 15) is 23.2 Å². The number of nitrogens with zero attached hydrogens (tertiary/aromatic N) is 14. The third kappa shape index (κ3) is 16.7. The number of aliphatic hydroxyl groups excluding tert-OH is 2. The van der Waals surface area contributed by atoms with Crippen LogP contribution in [-0.2, 0) is 29.0 Å². The van der Waals surface area contributed by atoms with Gasteiger partial charge in [0.05, 0.1) is 80.8 Å². The van der Waals surface area contributed by atoms with Crippen molar-refractivity contribution in [1.82, 2.24) is 39.7 Å². The van der Waals surface area contributed by atoms with E-state index in [4.69, 9.17) is 49.0 Å². The van der Waals surface area contributed by atoms with Crippen molar-refractivity contribution in [3.05, 3.63) is 47.5 Å². The molecule has 2 unspecified atom stereocenters. The van der Waals surface area contributed by atoms with Crippen molar-refractivity contribution in [2.24, 2.45) is 0 Å². The first-order valence-corrected chi connectivity index (χ1v) is 27.6. The second kappa shape index (κ2) is 25.5. The lowest BCUT2D eigenvalue weighted by atomic mass is 10.1. The van der Waals surface area contributed by atoms with Gasteiger partial charge in [-0.25, -0.2) is 5.26 Å². The summed E-state index contributed by atoms with van der Waals surface area (Å²) in [6.45, 7) is 12.3. The zero-order chi connectivity index (χ0) is 54.0. The van der Waals surface area contributed by atoms with Gasteiger partial charge in [0.2, 0.25) is 35.7 Å². The van der Waals surface area contributed by atoms with E-state index in [1.807, 2.05) is 4.90 Å². The highest BCUT2D eigenvalue weighted by Gasteiger charge is 2.28. The van der Waals surface area contributed by atoms with Gasteiger partial charge in [-0.3, -0.25) is 14.4 Å². The molecule has 4 fully saturated rings. The molecule has 8 rings (SSSR count). The summed E-state index contributed by atoms with van der Waals surface area (Å²) in [6, 6.07) is 9.78. The van der Waals surface area contributed by atoms with Gasteiger partial charge in [0, 0.05) is 108 Å². The smallest absolute Gasteiger partial charge is 0.295 e. The fourth-order valence-electron chi connectivity index (χ4n) is 9.43. The average molecular weight is 1100 g/mol. The van der Waals surface area contributed by atoms with Gasteiger partial charge < -0.3 is 58.9 Å². The fourth-order valence-corrected chi connectivity index (χ4v) is 10.7. The van der Waals surface area contributed by atoms with Crippen LogP contribution in [0.1, 0.15) is 11.1 Å². The summed E-state index contributed by atoms with van der Waals surface area (Å²) < 4.78 is 54.0. The van der Waals surface area contributed by atoms with E-state index < -0.39 is 22.3 Å². The number of morpholine rings is 2. The molecule has 0 amide bonds. The summed E-state index contributed by atoms with van der Waals surface area (Å²) in [5.41, 5.74) is 1.58. The lowest BCUT2D eigenvalue weighted by Gasteiger charge is -2.37. The third-order valence-electron chi connectivity index (χ3n) is 13.0. The molecule has 2 atom stereocenters. The second-order valence-corrected chi connectivity index (χ2v) is 23.5. The number of benzene rings is 2. The maximum Gasteiger partial charge on any atom is 0.295 e. The van der Waals surface area contributed by atoms with Gasteiger partial charge in [0.15, 0.2) is 0 Å². The van der Waals surface area contributed by atoms with E-state index in [1.165, 1.54) is 12.1 Å². The minimum atomic E-state index is -4.77. The number of nitrogens with one attached hydrogen (secondary N) is 2. The molecule has 0 aliphatic carbocycles. The van der Waals surface area contributed by atoms with Crippen molar-refractivity contribution < 1.29 is 56.3 Å². The van der Waals surface area contributed by atoms with Gasteiger partial charge in [-0.15, -0.1) is 4.33 Å². The maximum absolute atomic E-state index is 13.0. The standard InChI is InChI=1S/C48H72N16O10S2/c1-63(2,3)33-39(65)31-57-13-17-59(18-14-57)45-51-43(53-47(55-45)61-21-25-71-26-22-61)49-37-11-9-35(41(29-37)75-74-73-67)7-8-36-10-12-38(30-42(36)76(68,69)70)50-44-52-46(56-48(54-44)62-23-27-72-28-24-62)60-19-15-58(16-20-60)32-40(66)34-64(4,5)6/h7-12,29-30,39-40,65-66H,13-28,31-34H2,1-6H3,(H2-2,49,50,51,52,53,54,55,56,67,68,69,70)/p+2/b8-7+. The molecule has 6 N–H and O–H groups in total. The summed E-state index contributed by atoms with van der Waals surface area (Å²) in [5.74, 6) is 2.40. The maximum atomic E-state index is 13.0. The van der Waals surface area contributed by atoms with Crippen LogP contribution in [-0.4, -0.2) is 263 Å². The highest BCUT2D eigenvalue weighted by molar-refractivity contribution is 7.94. The van der Waals surface area contributed by atoms with Crippen LogP contribution >= 0.6 is 12.0 Å². The predicted octanol–water partition coefficient (Wildman–Crippen LogP) is 1.44. The average Bonchev–Trinajstić information content (AvgIpc) is 3.38. The normalized spacial score (nSPS) is 18.6. The molecule has 0 saturated carbocycles. The molecule has 4 aliphatic heterocycles. The Kier molecular flexibility index (Phi) is 19.1. The molecule has 4 saturated heterocycles. The van der Waals surface area contributed by atoms with Crippen LogP contribution in [0.5, 0.6) is 0 Å². The van der Waals surface area contributed by atoms with Gasteiger partial charge in [-0.2, -0.15) is 38.3 Å². The van der Waals surface area contributed by atoms with Crippen molar-refractivity contribution in [3.63, 3.8) is 0 Å². The number of piperazine rings is 2. The van der Waals surface area contributed by atoms with Gasteiger partial charge in [-0.1, -0.05) is 29.3 Å². The minimum absolute atomic E-state index is 0.176. The van der Waals surface area contributed by atoms with Crippen LogP contribution < -0.4 is 30.2 Å². The Hall–Kier alpha value is -5.18. The Balaban J connectivity index is 0.994. The number of β-amino-alcohol motifs (C(OH)–C–C–N with tert-alkyl or cyclic N) is 2. The largest absolute Gasteiger partial charge is 0.386 e. The molecular weight excluding hydrogens is 1020 g/mol. The zero-order valence-corrected chi connectivity index (χ0v) is 45.9. The van der Waals surface area contributed by atoms with E-state index in [0.717, 1.165) is 13.1 Å². The summed E-state index contributed by atoms with van der Waals surface area (Å²) in [5, 5.41) is 41.0. The Labute approximate surface area is 448 Å². The predicted molar refractivity (Wildman–Crippen MR) is 290 cm³/mol. The first-order chi connectivity index (χ1) is 36.2. The Morgan fingerprint density at radius 3 is 1.41 bits per heavy atom. The van der Waals surface area contributed by atoms with Crippen molar-refractivity contribution >= 4 is 81.4 Å². The molecular formula is C48H74N16O10S2+2. The topological polar surface area (TPSA) is 273 Å². The molecule has 76 heavy (non-hydrogen) atoms. The van der Waals surface area contributed by atoms with E-state index >= 15 is 0 Å². The number of quaternary nitrogens is 2. The minimum Gasteiger partial charge on any atom is -0.386 e. The number of hydrogen-bond acceptors (Lipinski definition) is 24. The first kappa shape index (κ1) is 57.0. The molecule has 2 aromatic carbocycles. The van der Waals surface area contributed by atoms with Crippen LogP contribution in [0, 0.1) is 0 Å². The monoisotopic (exact) mass is 1100 g/mol. The number of likely N-dealkylation sites (N-methyl/N-ethyl adjacent to an activating group) is 2. The van der Waals surface area contributed by atoms with Gasteiger partial charge >= 0.3 is 0 Å². The fraction of sp³-hybridized carbons (Fsp3) is 0.583. The molecule has 28 heteroatoms. The number of hydrogen-bond donors (Lipinski definition) is 6. The van der Waals surface area contributed by atoms with Crippen molar-refractivity contribution in [2.45, 2.75) is 22.0 Å². The van der Waals surface area contributed by atoms with E-state index in [-0.39, 0.29) is 16.4 Å². The molecule has 0 spiro atoms. The summed E-state index contributed by atoms with van der Waals surface area (Å²) >= 11 is 0.712. The second-order valence-electron chi connectivity index (χ2n) is 21.3. The van der Waals surface area contributed by atoms with Gasteiger partial charge in [0.25, 0.3) is 10.1 Å². The Bertz CT molecular complexity index is 2690. The summed E-state index contributed by atoms with van der Waals surface area (Å²) in [4.78, 5) is 41.7. The quantitative estimate of drug-likeness (QED) is 0.0162. The van der Waals surface area contributed by atoms with Crippen LogP contribution in [0.4, 0.5) is 47.1 Å². The first-order valence-electron chi connectivity index (χ1n) is 25.5. The third-order valence-corrected chi connectivity index (χ3v) is 14.6. The van der Waals surface area contributed by atoms with Crippen LogP contribution in [0.25, 0.3) is 12.2 Å². The van der Waals surface area contributed by atoms with E-state index in [2.05, 4.69) is 82.5 Å². The number of aliphatic hydroxyl groups is 2. The number of ether oxygens (including phenoxy) is 2. The van der Waals surface area contributed by atoms with E-state index in [0.29, 0.717) is 191 Å². The van der Waals surface area contributed by atoms with Crippen LogP contribution in [0.15, 0.2) is 46.2 Å². The molecule has 6 heterocycles. The Morgan fingerprint density at radius 2 is 1.00 bits per heavy atom. The van der Waals surface area contributed by atoms with E-state index in [1.54, 1.807) is 36.4 Å². The van der Waals surface area contributed by atoms with Gasteiger partial charge in [0.1, 0.15) is 30.2 Å². The highest BCUT2D eigenvalue weighted by Crippen LogP contribution is 2.32.